The Morgan fingerprint density at radius 2 is 1.97 bits per heavy atom. The van der Waals surface area contributed by atoms with E-state index in [1.807, 2.05) is 30.3 Å². The molecule has 166 valence electrons. The lowest BCUT2D eigenvalue weighted by molar-refractivity contribution is -0.146. The first-order chi connectivity index (χ1) is 14.9. The van der Waals surface area contributed by atoms with Gasteiger partial charge in [-0.1, -0.05) is 49.4 Å². The minimum atomic E-state index is -0.0225. The number of hydrogen-bond acceptors (Lipinski definition) is 4. The zero-order valence-electron chi connectivity index (χ0n) is 18.7. The molecular weight excluding hydrogens is 386 g/mol. The van der Waals surface area contributed by atoms with Crippen molar-refractivity contribution in [3.63, 3.8) is 0 Å². The Kier molecular flexibility index (Phi) is 5.54. The summed E-state index contributed by atoms with van der Waals surface area (Å²) < 4.78 is 5.94. The number of ether oxygens (including phenoxy) is 1. The quantitative estimate of drug-likeness (QED) is 0.394. The highest BCUT2D eigenvalue weighted by Gasteiger charge is 2.55. The van der Waals surface area contributed by atoms with Gasteiger partial charge in [0.1, 0.15) is 6.10 Å². The maximum Gasteiger partial charge on any atom is 0.310 e. The highest BCUT2D eigenvalue weighted by Crippen LogP contribution is 2.57. The van der Waals surface area contributed by atoms with Gasteiger partial charge in [-0.25, -0.2) is 0 Å². The number of benzene rings is 1. The molecule has 0 radical (unpaired) electrons. The molecule has 0 unspecified atom stereocenters. The minimum Gasteiger partial charge on any atom is -0.462 e. The fourth-order valence-electron chi connectivity index (χ4n) is 6.96. The zero-order valence-corrected chi connectivity index (χ0v) is 18.7. The van der Waals surface area contributed by atoms with E-state index in [9.17, 15) is 9.59 Å². The van der Waals surface area contributed by atoms with Crippen LogP contribution in [0.5, 0.6) is 0 Å². The normalized spacial score (nSPS) is 36.5. The molecule has 31 heavy (non-hydrogen) atoms. The van der Waals surface area contributed by atoms with Gasteiger partial charge in [-0.3, -0.25) is 9.59 Å². The molecule has 4 nitrogen and oxygen atoms in total. The lowest BCUT2D eigenvalue weighted by Crippen LogP contribution is -2.46. The number of piperidine rings is 1. The summed E-state index contributed by atoms with van der Waals surface area (Å²) >= 11 is 0. The Bertz CT molecular complexity index is 856. The average Bonchev–Trinajstić information content (AvgIpc) is 3.06. The number of nitrogens with zero attached hydrogens (tertiary/aromatic N) is 1. The van der Waals surface area contributed by atoms with Crippen LogP contribution in [0.25, 0.3) is 0 Å². The largest absolute Gasteiger partial charge is 0.462 e. The number of carbonyl (C=O) groups is 2. The van der Waals surface area contributed by atoms with Crippen molar-refractivity contribution in [2.45, 2.75) is 58.0 Å². The summed E-state index contributed by atoms with van der Waals surface area (Å²) in [5.74, 6) is 1.21. The maximum absolute atomic E-state index is 12.8. The van der Waals surface area contributed by atoms with Gasteiger partial charge in [0, 0.05) is 23.9 Å². The van der Waals surface area contributed by atoms with Gasteiger partial charge in [0.15, 0.2) is 5.78 Å². The van der Waals surface area contributed by atoms with Gasteiger partial charge in [-0.2, -0.15) is 0 Å². The third-order valence-corrected chi connectivity index (χ3v) is 8.79. The molecule has 0 N–H and O–H groups in total. The smallest absolute Gasteiger partial charge is 0.310 e. The number of rotatable bonds is 4. The fraction of sp³-hybridized carbons (Fsp3) is 0.630. The molecule has 2 aliphatic heterocycles. The SMILES string of the molecule is C=C1CCC[C@]2(C)C[C@H]3OC(=O)[C@@H](CN4CCC(C(=O)c5ccccc5)CC4)[C@H]3C[C@H]12. The number of ketones is 1. The van der Waals surface area contributed by atoms with E-state index in [0.29, 0.717) is 11.8 Å². The Morgan fingerprint density at radius 1 is 1.23 bits per heavy atom. The van der Waals surface area contributed by atoms with E-state index in [-0.39, 0.29) is 35.1 Å². The summed E-state index contributed by atoms with van der Waals surface area (Å²) in [4.78, 5) is 28.0. The Hall–Kier alpha value is -1.94. The topological polar surface area (TPSA) is 46.6 Å². The van der Waals surface area contributed by atoms with Crippen LogP contribution in [0.2, 0.25) is 0 Å². The summed E-state index contributed by atoms with van der Waals surface area (Å²) in [7, 11) is 0. The number of esters is 1. The fourth-order valence-corrected chi connectivity index (χ4v) is 6.96. The van der Waals surface area contributed by atoms with Crippen molar-refractivity contribution in [3.05, 3.63) is 48.0 Å². The zero-order chi connectivity index (χ0) is 21.6. The molecule has 0 spiro atoms. The molecule has 5 atom stereocenters. The Balaban J connectivity index is 1.21. The van der Waals surface area contributed by atoms with Crippen LogP contribution in [0.3, 0.4) is 0 Å². The molecule has 1 aromatic rings. The Labute approximate surface area is 186 Å². The predicted octanol–water partition coefficient (Wildman–Crippen LogP) is 4.90. The van der Waals surface area contributed by atoms with Crippen molar-refractivity contribution >= 4 is 11.8 Å². The first-order valence-corrected chi connectivity index (χ1v) is 12.1. The second kappa shape index (κ2) is 8.20. The van der Waals surface area contributed by atoms with E-state index in [1.165, 1.54) is 18.4 Å². The van der Waals surface area contributed by atoms with Crippen molar-refractivity contribution in [2.75, 3.05) is 19.6 Å². The first kappa shape index (κ1) is 20.9. The van der Waals surface area contributed by atoms with Crippen molar-refractivity contribution < 1.29 is 14.3 Å². The third kappa shape index (κ3) is 3.88. The van der Waals surface area contributed by atoms with Crippen LogP contribution in [0.1, 0.15) is 62.2 Å². The molecule has 5 rings (SSSR count). The molecule has 0 aromatic heterocycles. The third-order valence-electron chi connectivity index (χ3n) is 8.79. The van der Waals surface area contributed by atoms with Crippen molar-refractivity contribution in [1.82, 2.24) is 4.90 Å². The van der Waals surface area contributed by atoms with E-state index < -0.39 is 0 Å². The highest BCUT2D eigenvalue weighted by molar-refractivity contribution is 5.97. The maximum atomic E-state index is 12.8. The van der Waals surface area contributed by atoms with Crippen molar-refractivity contribution in [3.8, 4) is 0 Å². The van der Waals surface area contributed by atoms with E-state index in [0.717, 1.165) is 57.3 Å². The molecule has 4 aliphatic rings. The number of allylic oxidation sites excluding steroid dienone is 1. The molecule has 0 amide bonds. The lowest BCUT2D eigenvalue weighted by Gasteiger charge is -2.50. The van der Waals surface area contributed by atoms with Crippen LogP contribution in [0.15, 0.2) is 42.5 Å². The summed E-state index contributed by atoms with van der Waals surface area (Å²) in [5.41, 5.74) is 2.47. The average molecular weight is 422 g/mol. The van der Waals surface area contributed by atoms with Gasteiger partial charge in [0.05, 0.1) is 5.92 Å². The second-order valence-electron chi connectivity index (χ2n) is 10.7. The van der Waals surface area contributed by atoms with Crippen LogP contribution in [0.4, 0.5) is 0 Å². The second-order valence-corrected chi connectivity index (χ2v) is 10.7. The van der Waals surface area contributed by atoms with Gasteiger partial charge in [0.2, 0.25) is 0 Å². The predicted molar refractivity (Wildman–Crippen MR) is 121 cm³/mol. The number of fused-ring (bicyclic) bond motifs is 2. The van der Waals surface area contributed by atoms with Crippen LogP contribution in [0, 0.1) is 29.1 Å². The monoisotopic (exact) mass is 421 g/mol. The van der Waals surface area contributed by atoms with Crippen molar-refractivity contribution in [1.29, 1.82) is 0 Å². The number of Topliss-reactive ketones (excluding diaryl/α,β-unsaturated/α-hetero) is 1. The van der Waals surface area contributed by atoms with Crippen LogP contribution in [-0.2, 0) is 9.53 Å². The number of likely N-dealkylation sites (tertiary alicyclic amines) is 1. The Morgan fingerprint density at radius 3 is 2.71 bits per heavy atom. The van der Waals surface area contributed by atoms with Crippen LogP contribution < -0.4 is 0 Å². The van der Waals surface area contributed by atoms with Crippen LogP contribution >= 0.6 is 0 Å². The molecule has 2 saturated heterocycles. The minimum absolute atomic E-state index is 0.00495. The molecule has 1 aromatic carbocycles. The van der Waals surface area contributed by atoms with E-state index in [4.69, 9.17) is 4.74 Å². The standard InChI is InChI=1S/C27H35NO3/c1-18-7-6-12-27(2)16-24-21(15-23(18)27)22(26(30)31-24)17-28-13-10-20(11-14-28)25(29)19-8-4-3-5-9-19/h3-5,8-9,20-24H,1,6-7,10-17H2,2H3/t21-,22+,23-,24-,27-/m1/s1. The molecule has 0 bridgehead atoms. The van der Waals surface area contributed by atoms with E-state index >= 15 is 0 Å². The van der Waals surface area contributed by atoms with Crippen molar-refractivity contribution in [2.24, 2.45) is 29.1 Å². The summed E-state index contributed by atoms with van der Waals surface area (Å²) in [6.07, 6.45) is 7.48. The van der Waals surface area contributed by atoms with Gasteiger partial charge >= 0.3 is 5.97 Å². The number of carbonyl (C=O) groups excluding carboxylic acids is 2. The lowest BCUT2D eigenvalue weighted by atomic mass is 9.55. The highest BCUT2D eigenvalue weighted by atomic mass is 16.6. The molecule has 4 heteroatoms. The van der Waals surface area contributed by atoms with Gasteiger partial charge < -0.3 is 9.64 Å². The van der Waals surface area contributed by atoms with Gasteiger partial charge in [-0.05, 0) is 69.4 Å². The summed E-state index contributed by atoms with van der Waals surface area (Å²) in [6, 6.07) is 9.64. The first-order valence-electron chi connectivity index (χ1n) is 12.1. The molecular formula is C27H35NO3. The summed E-state index contributed by atoms with van der Waals surface area (Å²) in [6.45, 7) is 9.34. The van der Waals surface area contributed by atoms with E-state index in [2.05, 4.69) is 18.4 Å². The van der Waals surface area contributed by atoms with E-state index in [1.54, 1.807) is 0 Å². The molecule has 4 fully saturated rings. The summed E-state index contributed by atoms with van der Waals surface area (Å²) in [5, 5.41) is 0. The van der Waals surface area contributed by atoms with Gasteiger partial charge in [-0.15, -0.1) is 0 Å². The number of hydrogen-bond donors (Lipinski definition) is 0. The molecule has 2 heterocycles. The molecule has 2 saturated carbocycles. The van der Waals surface area contributed by atoms with Crippen LogP contribution in [-0.4, -0.2) is 42.4 Å². The van der Waals surface area contributed by atoms with Gasteiger partial charge in [0.25, 0.3) is 0 Å². The molecule has 2 aliphatic carbocycles.